The molecule has 0 spiro atoms. The number of halogens is 6. The van der Waals surface area contributed by atoms with Gasteiger partial charge in [-0.25, -0.2) is 0 Å². The van der Waals surface area contributed by atoms with Gasteiger partial charge in [0.1, 0.15) is 10.4 Å². The van der Waals surface area contributed by atoms with E-state index >= 15 is 0 Å². The van der Waals surface area contributed by atoms with Gasteiger partial charge in [0.15, 0.2) is 0 Å². The summed E-state index contributed by atoms with van der Waals surface area (Å²) in [5.41, 5.74) is -3.52. The summed E-state index contributed by atoms with van der Waals surface area (Å²) in [7, 11) is 0. The molecule has 10 heteroatoms. The largest absolute Gasteiger partial charge is 0.598 e. The molecule has 0 aliphatic carbocycles. The smallest absolute Gasteiger partial charge is 0.433 e. The predicted molar refractivity (Wildman–Crippen MR) is 78.3 cm³/mol. The molecule has 0 aliphatic heterocycles. The van der Waals surface area contributed by atoms with E-state index in [9.17, 15) is 30.9 Å². The molecular formula is C14H18F6N2OS. The third-order valence-electron chi connectivity index (χ3n) is 3.12. The molecule has 0 saturated carbocycles. The molecule has 2 atom stereocenters. The quantitative estimate of drug-likeness (QED) is 0.616. The summed E-state index contributed by atoms with van der Waals surface area (Å²) in [6.45, 7) is 6.41. The highest BCUT2D eigenvalue weighted by Gasteiger charge is 2.41. The zero-order valence-electron chi connectivity index (χ0n) is 13.5. The third-order valence-corrected chi connectivity index (χ3v) is 4.73. The normalized spacial score (nSPS) is 16.1. The van der Waals surface area contributed by atoms with Crippen molar-refractivity contribution in [3.8, 4) is 0 Å². The van der Waals surface area contributed by atoms with Crippen LogP contribution in [0.1, 0.15) is 57.0 Å². The molecule has 3 nitrogen and oxygen atoms in total. The summed E-state index contributed by atoms with van der Waals surface area (Å²) in [5.74, 6) is 0. The first-order chi connectivity index (χ1) is 10.7. The zero-order valence-corrected chi connectivity index (χ0v) is 14.3. The van der Waals surface area contributed by atoms with E-state index in [1.165, 1.54) is 6.92 Å². The summed E-state index contributed by atoms with van der Waals surface area (Å²) in [6, 6.07) is -1.06. The molecule has 0 aromatic carbocycles. The van der Waals surface area contributed by atoms with Crippen molar-refractivity contribution in [3.63, 3.8) is 0 Å². The number of nitrogens with one attached hydrogen (secondary N) is 1. The molecule has 138 valence electrons. The minimum atomic E-state index is -4.99. The Kier molecular flexibility index (Phi) is 6.21. The lowest BCUT2D eigenvalue weighted by molar-refractivity contribution is -0.146. The molecule has 0 saturated heterocycles. The fourth-order valence-corrected chi connectivity index (χ4v) is 2.72. The second kappa shape index (κ2) is 7.09. The Bertz CT molecular complexity index is 568. The Morgan fingerprint density at radius 2 is 1.67 bits per heavy atom. The Hall–Kier alpha value is -1.00. The summed E-state index contributed by atoms with van der Waals surface area (Å²) >= 11 is -1.69. The van der Waals surface area contributed by atoms with Crippen molar-refractivity contribution in [3.05, 3.63) is 29.1 Å². The highest BCUT2D eigenvalue weighted by Crippen LogP contribution is 2.39. The van der Waals surface area contributed by atoms with Crippen LogP contribution in [0.2, 0.25) is 0 Å². The van der Waals surface area contributed by atoms with Crippen LogP contribution in [-0.4, -0.2) is 14.3 Å². The predicted octanol–water partition coefficient (Wildman–Crippen LogP) is 4.62. The number of hydrogen-bond donors (Lipinski definition) is 1. The van der Waals surface area contributed by atoms with Crippen molar-refractivity contribution in [1.29, 1.82) is 0 Å². The number of nitrogens with zero attached hydrogens (tertiary/aromatic N) is 1. The molecule has 1 aromatic heterocycles. The lowest BCUT2D eigenvalue weighted by Gasteiger charge is -2.28. The molecule has 1 aromatic rings. The number of hydrogen-bond acceptors (Lipinski definition) is 3. The van der Waals surface area contributed by atoms with E-state index in [4.69, 9.17) is 0 Å². The molecule has 0 aliphatic rings. The van der Waals surface area contributed by atoms with Crippen LogP contribution in [0.3, 0.4) is 0 Å². The molecule has 1 heterocycles. The summed E-state index contributed by atoms with van der Waals surface area (Å²) in [4.78, 5) is 3.10. The Morgan fingerprint density at radius 1 is 1.12 bits per heavy atom. The molecule has 0 bridgehead atoms. The maximum absolute atomic E-state index is 13.2. The van der Waals surface area contributed by atoms with Crippen molar-refractivity contribution in [1.82, 2.24) is 9.71 Å². The van der Waals surface area contributed by atoms with Crippen molar-refractivity contribution in [2.24, 2.45) is 0 Å². The van der Waals surface area contributed by atoms with E-state index < -0.39 is 51.3 Å². The van der Waals surface area contributed by atoms with Gasteiger partial charge in [0, 0.05) is 23.1 Å². The number of alkyl halides is 6. The summed E-state index contributed by atoms with van der Waals surface area (Å²) in [6.07, 6.45) is -9.33. The van der Waals surface area contributed by atoms with Gasteiger partial charge in [-0.2, -0.15) is 26.3 Å². The van der Waals surface area contributed by atoms with Gasteiger partial charge in [-0.15, -0.1) is 4.72 Å². The lowest BCUT2D eigenvalue weighted by Crippen LogP contribution is -2.41. The number of aromatic nitrogens is 1. The molecule has 24 heavy (non-hydrogen) atoms. The van der Waals surface area contributed by atoms with Crippen LogP contribution in [0.15, 0.2) is 12.3 Å². The lowest BCUT2D eigenvalue weighted by atomic mass is 10.00. The molecule has 1 N–H and O–H groups in total. The summed E-state index contributed by atoms with van der Waals surface area (Å²) < 4.78 is 91.4. The first-order valence-electron chi connectivity index (χ1n) is 7.00. The van der Waals surface area contributed by atoms with Gasteiger partial charge in [-0.05, 0) is 33.3 Å². The highest BCUT2D eigenvalue weighted by atomic mass is 32.2. The van der Waals surface area contributed by atoms with Gasteiger partial charge in [-0.1, -0.05) is 6.92 Å². The standard InChI is InChI=1S/C14H18F6N2OS/c1-5-10(22-24(23)12(2,3)4)8-7-21-11(14(18,19)20)6-9(8)13(15,16)17/h6-7,10,22H,5H2,1-4H3/t10-,24?/m0/s1. The van der Waals surface area contributed by atoms with Crippen molar-refractivity contribution in [2.75, 3.05) is 0 Å². The molecule has 0 amide bonds. The van der Waals surface area contributed by atoms with Crippen LogP contribution in [-0.2, 0) is 23.7 Å². The van der Waals surface area contributed by atoms with E-state index in [1.54, 1.807) is 20.8 Å². The third kappa shape index (κ3) is 5.25. The van der Waals surface area contributed by atoms with Crippen LogP contribution in [0.25, 0.3) is 0 Å². The Morgan fingerprint density at radius 3 is 2.04 bits per heavy atom. The van der Waals surface area contributed by atoms with Crippen LogP contribution in [0.4, 0.5) is 26.3 Å². The van der Waals surface area contributed by atoms with Crippen LogP contribution >= 0.6 is 0 Å². The maximum Gasteiger partial charge on any atom is 0.433 e. The first kappa shape index (κ1) is 21.0. The monoisotopic (exact) mass is 376 g/mol. The van der Waals surface area contributed by atoms with Crippen molar-refractivity contribution >= 4 is 11.4 Å². The number of rotatable bonds is 4. The molecule has 0 fully saturated rings. The molecular weight excluding hydrogens is 358 g/mol. The van der Waals surface area contributed by atoms with Gasteiger partial charge in [0.2, 0.25) is 0 Å². The Labute approximate surface area is 139 Å². The van der Waals surface area contributed by atoms with Crippen molar-refractivity contribution in [2.45, 2.75) is 57.3 Å². The second-order valence-electron chi connectivity index (χ2n) is 6.11. The van der Waals surface area contributed by atoms with E-state index in [0.29, 0.717) is 6.20 Å². The Balaban J connectivity index is 3.34. The average Bonchev–Trinajstić information content (AvgIpc) is 2.40. The molecule has 1 unspecified atom stereocenters. The van der Waals surface area contributed by atoms with E-state index in [0.717, 1.165) is 0 Å². The first-order valence-corrected chi connectivity index (χ1v) is 8.15. The van der Waals surface area contributed by atoms with E-state index in [2.05, 4.69) is 9.71 Å². The van der Waals surface area contributed by atoms with E-state index in [-0.39, 0.29) is 12.5 Å². The van der Waals surface area contributed by atoms with Gasteiger partial charge in [0.25, 0.3) is 0 Å². The minimum absolute atomic E-state index is 0.0142. The second-order valence-corrected chi connectivity index (χ2v) is 8.11. The van der Waals surface area contributed by atoms with Gasteiger partial charge < -0.3 is 4.55 Å². The highest BCUT2D eigenvalue weighted by molar-refractivity contribution is 7.90. The molecule has 1 rings (SSSR count). The topological polar surface area (TPSA) is 48.0 Å². The fourth-order valence-electron chi connectivity index (χ4n) is 1.82. The molecule has 0 radical (unpaired) electrons. The van der Waals surface area contributed by atoms with Crippen LogP contribution in [0, 0.1) is 0 Å². The van der Waals surface area contributed by atoms with Gasteiger partial charge in [-0.3, -0.25) is 4.98 Å². The van der Waals surface area contributed by atoms with Crippen molar-refractivity contribution < 1.29 is 30.9 Å². The van der Waals surface area contributed by atoms with Crippen LogP contribution < -0.4 is 4.72 Å². The minimum Gasteiger partial charge on any atom is -0.598 e. The maximum atomic E-state index is 13.2. The average molecular weight is 376 g/mol. The van der Waals surface area contributed by atoms with Gasteiger partial charge >= 0.3 is 12.4 Å². The van der Waals surface area contributed by atoms with E-state index in [1.807, 2.05) is 0 Å². The van der Waals surface area contributed by atoms with Crippen LogP contribution in [0.5, 0.6) is 0 Å². The summed E-state index contributed by atoms with van der Waals surface area (Å²) in [5, 5.41) is 0. The SMILES string of the molecule is CC[C@H](N[S+]([O-])C(C)(C)C)c1cnc(C(F)(F)F)cc1C(F)(F)F. The zero-order chi connectivity index (χ0) is 18.9. The number of pyridine rings is 1. The fraction of sp³-hybridized carbons (Fsp3) is 0.643. The van der Waals surface area contributed by atoms with Gasteiger partial charge in [0.05, 0.1) is 11.6 Å².